The third-order valence-corrected chi connectivity index (χ3v) is 7.70. The van der Waals surface area contributed by atoms with Crippen molar-refractivity contribution in [2.24, 2.45) is 5.92 Å². The molecule has 1 aliphatic carbocycles. The van der Waals surface area contributed by atoms with Crippen molar-refractivity contribution < 1.29 is 0 Å². The Bertz CT molecular complexity index is 522. The Morgan fingerprint density at radius 1 is 1.00 bits per heavy atom. The molecule has 3 heterocycles. The maximum absolute atomic E-state index is 4.57. The van der Waals surface area contributed by atoms with Crippen LogP contribution < -0.4 is 0 Å². The van der Waals surface area contributed by atoms with E-state index in [0.29, 0.717) is 0 Å². The van der Waals surface area contributed by atoms with Crippen molar-refractivity contribution in [3.8, 4) is 0 Å². The quantitative estimate of drug-likeness (QED) is 0.667. The zero-order chi connectivity index (χ0) is 18.3. The summed E-state index contributed by atoms with van der Waals surface area (Å²) >= 11 is 1.82. The van der Waals surface area contributed by atoms with Crippen molar-refractivity contribution >= 4 is 11.3 Å². The number of rotatable bonds is 8. The molecule has 0 spiro atoms. The van der Waals surface area contributed by atoms with Crippen molar-refractivity contribution in [3.63, 3.8) is 0 Å². The van der Waals surface area contributed by atoms with Gasteiger partial charge in [0.25, 0.3) is 0 Å². The summed E-state index contributed by atoms with van der Waals surface area (Å²) in [4.78, 5) is 12.8. The molecule has 0 radical (unpaired) electrons. The van der Waals surface area contributed by atoms with Crippen LogP contribution >= 0.6 is 11.3 Å². The third-order valence-electron chi connectivity index (χ3n) is 6.93. The summed E-state index contributed by atoms with van der Waals surface area (Å²) in [7, 11) is 0. The fourth-order valence-electron chi connectivity index (χ4n) is 5.44. The minimum atomic E-state index is 0.848. The summed E-state index contributed by atoms with van der Waals surface area (Å²) in [5.74, 6) is 0.848. The molecule has 152 valence electrons. The summed E-state index contributed by atoms with van der Waals surface area (Å²) < 4.78 is 0. The smallest absolute Gasteiger partial charge is 0.107 e. The van der Waals surface area contributed by atoms with Gasteiger partial charge in [0.05, 0.1) is 6.54 Å². The zero-order valence-electron chi connectivity index (χ0n) is 17.0. The Morgan fingerprint density at radius 3 is 2.63 bits per heavy atom. The minimum absolute atomic E-state index is 0.848. The Morgan fingerprint density at radius 2 is 1.85 bits per heavy atom. The molecule has 1 aromatic rings. The summed E-state index contributed by atoms with van der Waals surface area (Å²) in [5.41, 5.74) is 0. The maximum Gasteiger partial charge on any atom is 0.107 e. The fraction of sp³-hybridized carbons (Fsp3) is 0.864. The van der Waals surface area contributed by atoms with E-state index >= 15 is 0 Å². The molecule has 3 aliphatic rings. The lowest BCUT2D eigenvalue weighted by Gasteiger charge is -2.39. The molecule has 5 heteroatoms. The highest BCUT2D eigenvalue weighted by Crippen LogP contribution is 2.28. The first-order chi connectivity index (χ1) is 13.4. The van der Waals surface area contributed by atoms with Gasteiger partial charge in [-0.25, -0.2) is 4.98 Å². The molecule has 0 N–H and O–H groups in total. The number of piperidine rings is 2. The second-order valence-electron chi connectivity index (χ2n) is 9.00. The van der Waals surface area contributed by atoms with Crippen LogP contribution in [-0.2, 0) is 6.54 Å². The number of hydrogen-bond acceptors (Lipinski definition) is 5. The molecule has 0 bridgehead atoms. The lowest BCUT2D eigenvalue weighted by atomic mass is 9.95. The van der Waals surface area contributed by atoms with Crippen LogP contribution in [0.2, 0.25) is 0 Å². The maximum atomic E-state index is 4.57. The van der Waals surface area contributed by atoms with E-state index in [-0.39, 0.29) is 0 Å². The lowest BCUT2D eigenvalue weighted by Crippen LogP contribution is -2.46. The molecule has 1 saturated carbocycles. The van der Waals surface area contributed by atoms with Crippen molar-refractivity contribution in [2.75, 3.05) is 45.8 Å². The average Bonchev–Trinajstić information content (AvgIpc) is 3.41. The van der Waals surface area contributed by atoms with E-state index in [1.165, 1.54) is 109 Å². The average molecular weight is 391 g/mol. The topological polar surface area (TPSA) is 22.6 Å². The Labute approximate surface area is 169 Å². The van der Waals surface area contributed by atoms with Crippen molar-refractivity contribution in [3.05, 3.63) is 16.6 Å². The van der Waals surface area contributed by atoms with Crippen LogP contribution in [0.25, 0.3) is 0 Å². The van der Waals surface area contributed by atoms with Crippen molar-refractivity contribution in [1.82, 2.24) is 19.7 Å². The fourth-order valence-corrected chi connectivity index (χ4v) is 6.09. The minimum Gasteiger partial charge on any atom is -0.302 e. The van der Waals surface area contributed by atoms with Crippen LogP contribution in [-0.4, -0.2) is 71.5 Å². The van der Waals surface area contributed by atoms with Gasteiger partial charge in [-0.2, -0.15) is 0 Å². The molecule has 2 saturated heterocycles. The molecule has 1 unspecified atom stereocenters. The predicted molar refractivity (Wildman–Crippen MR) is 114 cm³/mol. The predicted octanol–water partition coefficient (Wildman–Crippen LogP) is 4.09. The van der Waals surface area contributed by atoms with E-state index in [2.05, 4.69) is 25.1 Å². The van der Waals surface area contributed by atoms with E-state index in [4.69, 9.17) is 0 Å². The van der Waals surface area contributed by atoms with Gasteiger partial charge in [-0.3, -0.25) is 4.90 Å². The number of thiazole rings is 1. The SMILES string of the molecule is c1csc(CN(CCN2CCCCC2)CC2CCCN(C3CCCC3)C2)n1. The molecular formula is C22H38N4S. The summed E-state index contributed by atoms with van der Waals surface area (Å²) in [6, 6.07) is 0.897. The number of hydrogen-bond donors (Lipinski definition) is 0. The van der Waals surface area contributed by atoms with E-state index in [0.717, 1.165) is 18.5 Å². The van der Waals surface area contributed by atoms with E-state index in [1.54, 1.807) is 0 Å². The zero-order valence-corrected chi connectivity index (χ0v) is 17.8. The first-order valence-corrected chi connectivity index (χ1v) is 12.3. The molecule has 3 fully saturated rings. The summed E-state index contributed by atoms with van der Waals surface area (Å²) in [6.07, 6.45) is 14.8. The highest BCUT2D eigenvalue weighted by atomic mass is 32.1. The Balaban J connectivity index is 1.31. The van der Waals surface area contributed by atoms with Crippen molar-refractivity contribution in [2.45, 2.75) is 70.4 Å². The van der Waals surface area contributed by atoms with Crippen LogP contribution in [0.15, 0.2) is 11.6 Å². The number of likely N-dealkylation sites (tertiary alicyclic amines) is 2. The number of nitrogens with zero attached hydrogens (tertiary/aromatic N) is 4. The lowest BCUT2D eigenvalue weighted by molar-refractivity contribution is 0.0912. The van der Waals surface area contributed by atoms with E-state index in [9.17, 15) is 0 Å². The Kier molecular flexibility index (Phi) is 7.58. The van der Waals surface area contributed by atoms with Gasteiger partial charge in [0.1, 0.15) is 5.01 Å². The highest BCUT2D eigenvalue weighted by Gasteiger charge is 2.29. The van der Waals surface area contributed by atoms with Gasteiger partial charge >= 0.3 is 0 Å². The molecule has 2 aliphatic heterocycles. The summed E-state index contributed by atoms with van der Waals surface area (Å²) in [6.45, 7) is 10.1. The first-order valence-electron chi connectivity index (χ1n) is 11.4. The standard InChI is InChI=1S/C22H38N4S/c1-4-11-24(12-5-1)14-15-25(19-22-23-10-16-27-22)17-20-7-6-13-26(18-20)21-8-2-3-9-21/h10,16,20-21H,1-9,11-15,17-19H2. The molecule has 4 rings (SSSR count). The first kappa shape index (κ1) is 19.8. The molecule has 27 heavy (non-hydrogen) atoms. The molecule has 0 aromatic carbocycles. The van der Waals surface area contributed by atoms with Crippen LogP contribution in [0.3, 0.4) is 0 Å². The number of aromatic nitrogens is 1. The van der Waals surface area contributed by atoms with E-state index in [1.807, 2.05) is 17.5 Å². The largest absolute Gasteiger partial charge is 0.302 e. The van der Waals surface area contributed by atoms with E-state index < -0.39 is 0 Å². The van der Waals surface area contributed by atoms with Gasteiger partial charge in [-0.05, 0) is 64.1 Å². The monoisotopic (exact) mass is 390 g/mol. The van der Waals surface area contributed by atoms with Gasteiger partial charge in [-0.1, -0.05) is 19.3 Å². The van der Waals surface area contributed by atoms with Crippen LogP contribution in [0.5, 0.6) is 0 Å². The molecular weight excluding hydrogens is 352 g/mol. The van der Waals surface area contributed by atoms with Crippen LogP contribution in [0.1, 0.15) is 62.8 Å². The van der Waals surface area contributed by atoms with Gasteiger partial charge < -0.3 is 9.80 Å². The molecule has 1 aromatic heterocycles. The third kappa shape index (κ3) is 5.99. The van der Waals surface area contributed by atoms with Gasteiger partial charge in [0.15, 0.2) is 0 Å². The van der Waals surface area contributed by atoms with Crippen molar-refractivity contribution in [1.29, 1.82) is 0 Å². The summed E-state index contributed by atoms with van der Waals surface area (Å²) in [5, 5.41) is 3.41. The Hall–Kier alpha value is -0.490. The second kappa shape index (κ2) is 10.3. The van der Waals surface area contributed by atoms with Crippen LogP contribution in [0.4, 0.5) is 0 Å². The molecule has 1 atom stereocenters. The van der Waals surface area contributed by atoms with Gasteiger partial charge in [0, 0.05) is 43.8 Å². The second-order valence-corrected chi connectivity index (χ2v) is 9.98. The highest BCUT2D eigenvalue weighted by molar-refractivity contribution is 7.09. The molecule has 4 nitrogen and oxygen atoms in total. The molecule has 0 amide bonds. The van der Waals surface area contributed by atoms with Gasteiger partial charge in [0.2, 0.25) is 0 Å². The van der Waals surface area contributed by atoms with Gasteiger partial charge in [-0.15, -0.1) is 11.3 Å². The van der Waals surface area contributed by atoms with Crippen LogP contribution in [0, 0.1) is 5.92 Å². The normalized spacial score (nSPS) is 26.2.